The maximum absolute atomic E-state index is 10.6. The number of carbonyl (C=O) groups excluding carboxylic acids is 1. The lowest BCUT2D eigenvalue weighted by Crippen LogP contribution is -2.21. The predicted octanol–water partition coefficient (Wildman–Crippen LogP) is 1.83. The van der Waals surface area contributed by atoms with Gasteiger partial charge >= 0.3 is 0 Å². The number of nitrogens with two attached hydrogens (primary N) is 1. The molecule has 104 valence electrons. The summed E-state index contributed by atoms with van der Waals surface area (Å²) in [5.74, 6) is 1.08. The smallest absolute Gasteiger partial charge is 0.255 e. The molecule has 2 rings (SSSR count). The van der Waals surface area contributed by atoms with Gasteiger partial charge in [0.1, 0.15) is 5.75 Å². The molecule has 1 saturated carbocycles. The van der Waals surface area contributed by atoms with Crippen molar-refractivity contribution in [2.24, 2.45) is 11.7 Å². The van der Waals surface area contributed by atoms with Gasteiger partial charge in [0, 0.05) is 6.54 Å². The van der Waals surface area contributed by atoms with E-state index in [0.29, 0.717) is 5.75 Å². The van der Waals surface area contributed by atoms with Crippen LogP contribution in [0.5, 0.6) is 5.75 Å². The summed E-state index contributed by atoms with van der Waals surface area (Å²) < 4.78 is 5.21. The lowest BCUT2D eigenvalue weighted by molar-refractivity contribution is -0.119. The molecule has 1 aromatic rings. The van der Waals surface area contributed by atoms with Gasteiger partial charge in [-0.2, -0.15) is 0 Å². The van der Waals surface area contributed by atoms with Crippen LogP contribution in [0.15, 0.2) is 24.3 Å². The number of benzene rings is 1. The van der Waals surface area contributed by atoms with Crippen LogP contribution in [0, 0.1) is 5.92 Å². The summed E-state index contributed by atoms with van der Waals surface area (Å²) in [4.78, 5) is 10.6. The van der Waals surface area contributed by atoms with Gasteiger partial charge in [0.25, 0.3) is 5.91 Å². The summed E-state index contributed by atoms with van der Waals surface area (Å²) in [5.41, 5.74) is 6.25. The molecule has 0 spiro atoms. The summed E-state index contributed by atoms with van der Waals surface area (Å²) in [6.45, 7) is 1.92. The van der Waals surface area contributed by atoms with E-state index in [4.69, 9.17) is 10.5 Å². The zero-order valence-electron chi connectivity index (χ0n) is 11.2. The number of ether oxygens (including phenoxy) is 1. The van der Waals surface area contributed by atoms with Crippen LogP contribution in [-0.2, 0) is 11.3 Å². The fraction of sp³-hybridized carbons (Fsp3) is 0.533. The zero-order chi connectivity index (χ0) is 13.5. The van der Waals surface area contributed by atoms with Crippen LogP contribution in [0.2, 0.25) is 0 Å². The third-order valence-corrected chi connectivity index (χ3v) is 3.54. The van der Waals surface area contributed by atoms with E-state index in [1.54, 1.807) is 0 Å². The summed E-state index contributed by atoms with van der Waals surface area (Å²) in [7, 11) is 0. The summed E-state index contributed by atoms with van der Waals surface area (Å²) in [6.07, 6.45) is 5.51. The van der Waals surface area contributed by atoms with Crippen molar-refractivity contribution < 1.29 is 9.53 Å². The van der Waals surface area contributed by atoms with Crippen molar-refractivity contribution in [1.82, 2.24) is 5.32 Å². The van der Waals surface area contributed by atoms with Gasteiger partial charge in [0.2, 0.25) is 0 Å². The number of primary amides is 1. The van der Waals surface area contributed by atoms with Gasteiger partial charge in [0.15, 0.2) is 6.61 Å². The Morgan fingerprint density at radius 3 is 2.58 bits per heavy atom. The second kappa shape index (κ2) is 7.14. The minimum atomic E-state index is -0.456. The molecule has 0 unspecified atom stereocenters. The van der Waals surface area contributed by atoms with Crippen LogP contribution in [0.1, 0.15) is 31.2 Å². The normalized spacial score (nSPS) is 15.6. The third kappa shape index (κ3) is 4.91. The Labute approximate surface area is 114 Å². The molecule has 1 fully saturated rings. The van der Waals surface area contributed by atoms with E-state index >= 15 is 0 Å². The van der Waals surface area contributed by atoms with Crippen molar-refractivity contribution >= 4 is 5.91 Å². The first kappa shape index (κ1) is 13.9. The molecule has 0 aromatic heterocycles. The topological polar surface area (TPSA) is 64.4 Å². The van der Waals surface area contributed by atoms with E-state index in [-0.39, 0.29) is 6.61 Å². The Bertz CT molecular complexity index is 397. The lowest BCUT2D eigenvalue weighted by atomic mass is 10.1. The number of hydrogen-bond donors (Lipinski definition) is 2. The standard InChI is InChI=1S/C15H22N2O2/c16-15(18)11-19-14-7-5-13(6-8-14)10-17-9-12-3-1-2-4-12/h5-8,12,17H,1-4,9-11H2,(H2,16,18). The highest BCUT2D eigenvalue weighted by atomic mass is 16.5. The maximum atomic E-state index is 10.6. The van der Waals surface area contributed by atoms with Crippen molar-refractivity contribution in [3.05, 3.63) is 29.8 Å². The number of amides is 1. The number of rotatable bonds is 7. The molecular weight excluding hydrogens is 240 g/mol. The largest absolute Gasteiger partial charge is 0.484 e. The average Bonchev–Trinajstić information content (AvgIpc) is 2.91. The quantitative estimate of drug-likeness (QED) is 0.788. The minimum Gasteiger partial charge on any atom is -0.484 e. The van der Waals surface area contributed by atoms with Crippen LogP contribution < -0.4 is 15.8 Å². The highest BCUT2D eigenvalue weighted by Crippen LogP contribution is 2.23. The molecule has 1 aliphatic rings. The fourth-order valence-corrected chi connectivity index (χ4v) is 2.49. The molecule has 0 aliphatic heterocycles. The Balaban J connectivity index is 1.70. The van der Waals surface area contributed by atoms with Gasteiger partial charge in [-0.3, -0.25) is 4.79 Å². The van der Waals surface area contributed by atoms with E-state index < -0.39 is 5.91 Å². The monoisotopic (exact) mass is 262 g/mol. The second-order valence-corrected chi connectivity index (χ2v) is 5.18. The van der Waals surface area contributed by atoms with Gasteiger partial charge in [-0.15, -0.1) is 0 Å². The molecule has 1 amide bonds. The van der Waals surface area contributed by atoms with Crippen LogP contribution in [0.4, 0.5) is 0 Å². The molecule has 4 heteroatoms. The molecule has 19 heavy (non-hydrogen) atoms. The summed E-state index contributed by atoms with van der Waals surface area (Å²) >= 11 is 0. The fourth-order valence-electron chi connectivity index (χ4n) is 2.49. The van der Waals surface area contributed by atoms with E-state index in [0.717, 1.165) is 19.0 Å². The predicted molar refractivity (Wildman–Crippen MR) is 74.8 cm³/mol. The Morgan fingerprint density at radius 1 is 1.26 bits per heavy atom. The average molecular weight is 262 g/mol. The van der Waals surface area contributed by atoms with Gasteiger partial charge in [-0.05, 0) is 43.0 Å². The SMILES string of the molecule is NC(=O)COc1ccc(CNCC2CCCC2)cc1. The van der Waals surface area contributed by atoms with Crippen LogP contribution in [0.3, 0.4) is 0 Å². The molecule has 0 radical (unpaired) electrons. The summed E-state index contributed by atoms with van der Waals surface area (Å²) in [5, 5.41) is 3.50. The zero-order valence-corrected chi connectivity index (χ0v) is 11.2. The van der Waals surface area contributed by atoms with E-state index in [1.165, 1.54) is 31.2 Å². The second-order valence-electron chi connectivity index (χ2n) is 5.18. The lowest BCUT2D eigenvalue weighted by Gasteiger charge is -2.11. The van der Waals surface area contributed by atoms with Gasteiger partial charge < -0.3 is 15.8 Å². The number of nitrogens with one attached hydrogen (secondary N) is 1. The molecule has 0 atom stereocenters. The van der Waals surface area contributed by atoms with Gasteiger partial charge in [-0.25, -0.2) is 0 Å². The Morgan fingerprint density at radius 2 is 1.95 bits per heavy atom. The number of hydrogen-bond acceptors (Lipinski definition) is 3. The molecular formula is C15H22N2O2. The van der Waals surface area contributed by atoms with Crippen molar-refractivity contribution in [3.8, 4) is 5.75 Å². The van der Waals surface area contributed by atoms with Crippen LogP contribution in [0.25, 0.3) is 0 Å². The molecule has 0 saturated heterocycles. The van der Waals surface area contributed by atoms with Crippen molar-refractivity contribution in [2.45, 2.75) is 32.2 Å². The first-order chi connectivity index (χ1) is 9.24. The first-order valence-corrected chi connectivity index (χ1v) is 6.95. The molecule has 1 aliphatic carbocycles. The Kier molecular flexibility index (Phi) is 5.21. The van der Waals surface area contributed by atoms with Crippen molar-refractivity contribution in [1.29, 1.82) is 0 Å². The number of carbonyl (C=O) groups is 1. The molecule has 0 bridgehead atoms. The molecule has 4 nitrogen and oxygen atoms in total. The van der Waals surface area contributed by atoms with Crippen molar-refractivity contribution in [3.63, 3.8) is 0 Å². The highest BCUT2D eigenvalue weighted by Gasteiger charge is 2.13. The first-order valence-electron chi connectivity index (χ1n) is 6.95. The highest BCUT2D eigenvalue weighted by molar-refractivity contribution is 5.75. The van der Waals surface area contributed by atoms with Crippen molar-refractivity contribution in [2.75, 3.05) is 13.2 Å². The molecule has 1 aromatic carbocycles. The van der Waals surface area contributed by atoms with E-state index in [9.17, 15) is 4.79 Å². The summed E-state index contributed by atoms with van der Waals surface area (Å²) in [6, 6.07) is 7.76. The third-order valence-electron chi connectivity index (χ3n) is 3.54. The van der Waals surface area contributed by atoms with Gasteiger partial charge in [-0.1, -0.05) is 25.0 Å². The molecule has 3 N–H and O–H groups in total. The van der Waals surface area contributed by atoms with Gasteiger partial charge in [0.05, 0.1) is 0 Å². The van der Waals surface area contributed by atoms with Crippen LogP contribution in [-0.4, -0.2) is 19.1 Å². The maximum Gasteiger partial charge on any atom is 0.255 e. The van der Waals surface area contributed by atoms with E-state index in [1.807, 2.05) is 24.3 Å². The molecule has 0 heterocycles. The Hall–Kier alpha value is -1.55. The van der Waals surface area contributed by atoms with E-state index in [2.05, 4.69) is 5.32 Å². The minimum absolute atomic E-state index is 0.0702. The van der Waals surface area contributed by atoms with Crippen LogP contribution >= 0.6 is 0 Å².